The maximum Gasteiger partial charge on any atom is 0.237 e. The average Bonchev–Trinajstić information content (AvgIpc) is 2.71. The molecule has 2 aliphatic rings. The van der Waals surface area contributed by atoms with Gasteiger partial charge in [-0.1, -0.05) is 36.7 Å². The molecule has 0 bridgehead atoms. The van der Waals surface area contributed by atoms with Crippen molar-refractivity contribution in [1.29, 1.82) is 0 Å². The van der Waals surface area contributed by atoms with Crippen molar-refractivity contribution in [2.75, 3.05) is 4.90 Å². The minimum absolute atomic E-state index is 0.149. The van der Waals surface area contributed by atoms with Crippen LogP contribution in [0.1, 0.15) is 31.2 Å². The van der Waals surface area contributed by atoms with Gasteiger partial charge < -0.3 is 5.73 Å². The number of carbonyl (C=O) groups is 2. The zero-order valence-corrected chi connectivity index (χ0v) is 12.9. The number of hydrogen-bond acceptors (Lipinski definition) is 3. The molecule has 1 aromatic rings. The van der Waals surface area contributed by atoms with E-state index in [0.717, 1.165) is 25.7 Å². The lowest BCUT2D eigenvalue weighted by molar-refractivity contribution is -0.122. The van der Waals surface area contributed by atoms with E-state index in [1.165, 1.54) is 4.90 Å². The fraction of sp³-hybridized carbons (Fsp3) is 0.400. The highest BCUT2D eigenvalue weighted by Gasteiger charge is 2.49. The van der Waals surface area contributed by atoms with Gasteiger partial charge in [0.05, 0.1) is 17.5 Å². The number of imide groups is 1. The first-order chi connectivity index (χ1) is 10.0. The first-order valence-corrected chi connectivity index (χ1v) is 7.76. The van der Waals surface area contributed by atoms with Crippen LogP contribution in [0.3, 0.4) is 0 Å². The molecule has 6 heteroatoms. The Hall–Kier alpha value is -1.46. The van der Waals surface area contributed by atoms with Crippen LogP contribution >= 0.6 is 23.8 Å². The molecule has 0 aromatic heterocycles. The van der Waals surface area contributed by atoms with Gasteiger partial charge in [-0.2, -0.15) is 0 Å². The number of rotatable bonds is 2. The Labute approximate surface area is 133 Å². The third kappa shape index (κ3) is 2.34. The van der Waals surface area contributed by atoms with E-state index in [1.54, 1.807) is 18.2 Å². The van der Waals surface area contributed by atoms with E-state index < -0.39 is 0 Å². The molecule has 2 fully saturated rings. The molecule has 2 unspecified atom stereocenters. The van der Waals surface area contributed by atoms with Crippen LogP contribution < -0.4 is 10.6 Å². The van der Waals surface area contributed by atoms with E-state index in [4.69, 9.17) is 29.6 Å². The summed E-state index contributed by atoms with van der Waals surface area (Å²) < 4.78 is 0. The zero-order chi connectivity index (χ0) is 15.1. The molecule has 4 nitrogen and oxygen atoms in total. The van der Waals surface area contributed by atoms with Gasteiger partial charge in [-0.05, 0) is 31.0 Å². The molecule has 0 spiro atoms. The van der Waals surface area contributed by atoms with Crippen molar-refractivity contribution in [1.82, 2.24) is 0 Å². The Morgan fingerprint density at radius 2 is 1.76 bits per heavy atom. The van der Waals surface area contributed by atoms with Crippen molar-refractivity contribution >= 4 is 46.3 Å². The van der Waals surface area contributed by atoms with Crippen molar-refractivity contribution in [2.45, 2.75) is 25.7 Å². The van der Waals surface area contributed by atoms with E-state index in [1.807, 2.05) is 0 Å². The Kier molecular flexibility index (Phi) is 3.71. The maximum atomic E-state index is 12.6. The number of fused-ring (bicyclic) bond motifs is 1. The molecule has 3 rings (SSSR count). The van der Waals surface area contributed by atoms with Gasteiger partial charge in [-0.15, -0.1) is 0 Å². The number of benzene rings is 1. The lowest BCUT2D eigenvalue weighted by Crippen LogP contribution is -2.32. The molecule has 1 aromatic carbocycles. The Bertz CT molecular complexity index is 623. The number of hydrogen-bond donors (Lipinski definition) is 1. The molecule has 1 aliphatic carbocycles. The summed E-state index contributed by atoms with van der Waals surface area (Å²) in [6.07, 6.45) is 3.53. The Morgan fingerprint density at radius 3 is 2.29 bits per heavy atom. The van der Waals surface area contributed by atoms with Gasteiger partial charge >= 0.3 is 0 Å². The van der Waals surface area contributed by atoms with Gasteiger partial charge in [0.15, 0.2) is 0 Å². The minimum atomic E-state index is -0.204. The molecule has 2 amide bonds. The average molecular weight is 323 g/mol. The summed E-state index contributed by atoms with van der Waals surface area (Å²) in [4.78, 5) is 26.6. The fourth-order valence-corrected chi connectivity index (χ4v) is 3.64. The van der Waals surface area contributed by atoms with E-state index in [2.05, 4.69) is 0 Å². The van der Waals surface area contributed by atoms with Gasteiger partial charge in [-0.25, -0.2) is 4.90 Å². The van der Waals surface area contributed by atoms with E-state index in [-0.39, 0.29) is 28.6 Å². The first kappa shape index (κ1) is 14.5. The number of carbonyl (C=O) groups excluding carboxylic acids is 2. The van der Waals surface area contributed by atoms with E-state index in [9.17, 15) is 9.59 Å². The Morgan fingerprint density at radius 1 is 1.19 bits per heavy atom. The van der Waals surface area contributed by atoms with Gasteiger partial charge in [0.1, 0.15) is 4.99 Å². The van der Waals surface area contributed by atoms with Crippen LogP contribution in [-0.4, -0.2) is 16.8 Å². The standard InChI is InChI=1S/C15H15ClN2O2S/c16-8-5-6-11(13(17)21)12(7-8)18-14(19)9-3-1-2-4-10(9)15(18)20/h5-7,9-10H,1-4H2,(H2,17,21). The molecule has 21 heavy (non-hydrogen) atoms. The molecule has 1 heterocycles. The summed E-state index contributed by atoms with van der Waals surface area (Å²) in [5, 5.41) is 0.445. The fourth-order valence-electron chi connectivity index (χ4n) is 3.30. The SMILES string of the molecule is NC(=S)c1ccc(Cl)cc1N1C(=O)C2CCCCC2C1=O. The summed E-state index contributed by atoms with van der Waals surface area (Å²) in [6, 6.07) is 4.89. The quantitative estimate of drug-likeness (QED) is 0.671. The number of anilines is 1. The summed E-state index contributed by atoms with van der Waals surface area (Å²) >= 11 is 11.0. The van der Waals surface area contributed by atoms with Gasteiger partial charge in [0.2, 0.25) is 11.8 Å². The summed E-state index contributed by atoms with van der Waals surface area (Å²) in [7, 11) is 0. The number of nitrogens with zero attached hydrogens (tertiary/aromatic N) is 1. The second-order valence-corrected chi connectivity index (χ2v) is 6.41. The molecule has 1 aliphatic heterocycles. The molecule has 2 N–H and O–H groups in total. The van der Waals surface area contributed by atoms with E-state index in [0.29, 0.717) is 16.3 Å². The predicted octanol–water partition coefficient (Wildman–Crippen LogP) is 2.65. The molecular weight excluding hydrogens is 308 g/mol. The van der Waals surface area contributed by atoms with Crippen LogP contribution in [0.25, 0.3) is 0 Å². The van der Waals surface area contributed by atoms with Crippen molar-refractivity contribution < 1.29 is 9.59 Å². The topological polar surface area (TPSA) is 63.4 Å². The number of nitrogens with two attached hydrogens (primary N) is 1. The number of halogens is 1. The molecular formula is C15H15ClN2O2S. The van der Waals surface area contributed by atoms with Crippen LogP contribution in [0.2, 0.25) is 5.02 Å². The van der Waals surface area contributed by atoms with Gasteiger partial charge in [0.25, 0.3) is 0 Å². The van der Waals surface area contributed by atoms with Crippen LogP contribution in [0, 0.1) is 11.8 Å². The van der Waals surface area contributed by atoms with Crippen LogP contribution in [0.5, 0.6) is 0 Å². The highest BCUT2D eigenvalue weighted by molar-refractivity contribution is 7.80. The highest BCUT2D eigenvalue weighted by atomic mass is 35.5. The van der Waals surface area contributed by atoms with Crippen molar-refractivity contribution in [3.8, 4) is 0 Å². The van der Waals surface area contributed by atoms with Crippen molar-refractivity contribution in [3.05, 3.63) is 28.8 Å². The van der Waals surface area contributed by atoms with Gasteiger partial charge in [0, 0.05) is 10.6 Å². The summed E-state index contributed by atoms with van der Waals surface area (Å²) in [5.41, 5.74) is 6.63. The molecule has 110 valence electrons. The summed E-state index contributed by atoms with van der Waals surface area (Å²) in [5.74, 6) is -0.706. The van der Waals surface area contributed by atoms with E-state index >= 15 is 0 Å². The third-order valence-electron chi connectivity index (χ3n) is 4.31. The Balaban J connectivity index is 2.08. The normalized spacial score (nSPS) is 25.1. The monoisotopic (exact) mass is 322 g/mol. The number of thiocarbonyl (C=S) groups is 1. The molecule has 2 atom stereocenters. The maximum absolute atomic E-state index is 12.6. The molecule has 1 saturated carbocycles. The summed E-state index contributed by atoms with van der Waals surface area (Å²) in [6.45, 7) is 0. The second kappa shape index (κ2) is 5.39. The molecule has 0 radical (unpaired) electrons. The van der Waals surface area contributed by atoms with Gasteiger partial charge in [-0.3, -0.25) is 9.59 Å². The minimum Gasteiger partial charge on any atom is -0.389 e. The smallest absolute Gasteiger partial charge is 0.237 e. The van der Waals surface area contributed by atoms with Crippen molar-refractivity contribution in [3.63, 3.8) is 0 Å². The zero-order valence-electron chi connectivity index (χ0n) is 11.3. The lowest BCUT2D eigenvalue weighted by atomic mass is 9.81. The molecule has 1 saturated heterocycles. The van der Waals surface area contributed by atoms with Crippen LogP contribution in [0.15, 0.2) is 18.2 Å². The van der Waals surface area contributed by atoms with Crippen LogP contribution in [0.4, 0.5) is 5.69 Å². The highest BCUT2D eigenvalue weighted by Crippen LogP contribution is 2.41. The van der Waals surface area contributed by atoms with Crippen LogP contribution in [-0.2, 0) is 9.59 Å². The lowest BCUT2D eigenvalue weighted by Gasteiger charge is -2.19. The number of amides is 2. The third-order valence-corrected chi connectivity index (χ3v) is 4.76. The largest absolute Gasteiger partial charge is 0.389 e. The second-order valence-electron chi connectivity index (χ2n) is 5.54. The van der Waals surface area contributed by atoms with Crippen molar-refractivity contribution in [2.24, 2.45) is 17.6 Å². The predicted molar refractivity (Wildman–Crippen MR) is 85.3 cm³/mol. The first-order valence-electron chi connectivity index (χ1n) is 6.98.